The Morgan fingerprint density at radius 3 is 2.62 bits per heavy atom. The van der Waals surface area contributed by atoms with Gasteiger partial charge >= 0.3 is 0 Å². The van der Waals surface area contributed by atoms with Gasteiger partial charge in [-0.15, -0.1) is 0 Å². The second-order valence-corrected chi connectivity index (χ2v) is 5.50. The standard InChI is InChI=1S/C7H16N2O3S/c8-2-1-3-9-6-4-13(11,12)5-7(6)10/h6-7,9-10H,1-5,8H2. The number of aliphatic hydroxyl groups is 1. The monoisotopic (exact) mass is 208 g/mol. The second-order valence-electron chi connectivity index (χ2n) is 3.35. The van der Waals surface area contributed by atoms with E-state index in [1.54, 1.807) is 0 Å². The van der Waals surface area contributed by atoms with Gasteiger partial charge in [0.2, 0.25) is 0 Å². The smallest absolute Gasteiger partial charge is 0.154 e. The van der Waals surface area contributed by atoms with Gasteiger partial charge in [0.1, 0.15) is 0 Å². The molecule has 2 atom stereocenters. The molecule has 0 aliphatic carbocycles. The van der Waals surface area contributed by atoms with Crippen LogP contribution in [-0.4, -0.2) is 50.3 Å². The van der Waals surface area contributed by atoms with Crippen molar-refractivity contribution in [3.63, 3.8) is 0 Å². The van der Waals surface area contributed by atoms with Crippen LogP contribution in [0.25, 0.3) is 0 Å². The van der Waals surface area contributed by atoms with Crippen molar-refractivity contribution < 1.29 is 13.5 Å². The van der Waals surface area contributed by atoms with Crippen LogP contribution >= 0.6 is 0 Å². The van der Waals surface area contributed by atoms with Crippen molar-refractivity contribution in [2.75, 3.05) is 24.6 Å². The summed E-state index contributed by atoms with van der Waals surface area (Å²) in [7, 11) is -3.03. The van der Waals surface area contributed by atoms with Gasteiger partial charge in [-0.2, -0.15) is 0 Å². The Morgan fingerprint density at radius 2 is 2.15 bits per heavy atom. The summed E-state index contributed by atoms with van der Waals surface area (Å²) in [5.41, 5.74) is 5.28. The van der Waals surface area contributed by atoms with Crippen LogP contribution in [0.3, 0.4) is 0 Å². The van der Waals surface area contributed by atoms with Gasteiger partial charge in [-0.1, -0.05) is 0 Å². The lowest BCUT2D eigenvalue weighted by Crippen LogP contribution is -2.39. The third-order valence-corrected chi connectivity index (χ3v) is 3.83. The van der Waals surface area contributed by atoms with Gasteiger partial charge in [-0.05, 0) is 19.5 Å². The maximum absolute atomic E-state index is 11.1. The van der Waals surface area contributed by atoms with E-state index in [0.717, 1.165) is 6.42 Å². The van der Waals surface area contributed by atoms with E-state index in [4.69, 9.17) is 5.73 Å². The summed E-state index contributed by atoms with van der Waals surface area (Å²) in [5, 5.41) is 12.3. The molecular formula is C7H16N2O3S. The summed E-state index contributed by atoms with van der Waals surface area (Å²) in [6.07, 6.45) is 0.0336. The van der Waals surface area contributed by atoms with Crippen LogP contribution in [0.1, 0.15) is 6.42 Å². The van der Waals surface area contributed by atoms with E-state index in [0.29, 0.717) is 13.1 Å². The molecule has 13 heavy (non-hydrogen) atoms. The molecule has 0 radical (unpaired) electrons. The largest absolute Gasteiger partial charge is 0.390 e. The Bertz CT molecular complexity index is 252. The molecule has 1 aliphatic heterocycles. The van der Waals surface area contributed by atoms with Crippen molar-refractivity contribution in [1.29, 1.82) is 0 Å². The SMILES string of the molecule is NCCCNC1CS(=O)(=O)CC1O. The van der Waals surface area contributed by atoms with Crippen molar-refractivity contribution in [1.82, 2.24) is 5.32 Å². The lowest BCUT2D eigenvalue weighted by atomic mass is 10.2. The van der Waals surface area contributed by atoms with Gasteiger partial charge in [0.25, 0.3) is 0 Å². The molecule has 0 aromatic rings. The summed E-state index contributed by atoms with van der Waals surface area (Å²) in [4.78, 5) is 0. The summed E-state index contributed by atoms with van der Waals surface area (Å²) in [6.45, 7) is 1.23. The van der Waals surface area contributed by atoms with Crippen molar-refractivity contribution in [2.45, 2.75) is 18.6 Å². The molecule has 0 aromatic heterocycles. The van der Waals surface area contributed by atoms with E-state index >= 15 is 0 Å². The highest BCUT2D eigenvalue weighted by Gasteiger charge is 2.35. The summed E-state index contributed by atoms with van der Waals surface area (Å²) < 4.78 is 22.1. The van der Waals surface area contributed by atoms with E-state index in [9.17, 15) is 13.5 Å². The van der Waals surface area contributed by atoms with Gasteiger partial charge in [0.05, 0.1) is 17.6 Å². The number of aliphatic hydroxyl groups excluding tert-OH is 1. The molecule has 1 saturated heterocycles. The number of sulfone groups is 1. The van der Waals surface area contributed by atoms with E-state index < -0.39 is 15.9 Å². The lowest BCUT2D eigenvalue weighted by Gasteiger charge is -2.13. The molecule has 1 aliphatic rings. The molecule has 78 valence electrons. The Labute approximate surface area is 78.2 Å². The van der Waals surface area contributed by atoms with Gasteiger partial charge in [-0.25, -0.2) is 8.42 Å². The Balaban J connectivity index is 2.36. The van der Waals surface area contributed by atoms with Crippen molar-refractivity contribution in [3.8, 4) is 0 Å². The van der Waals surface area contributed by atoms with Crippen LogP contribution in [0.2, 0.25) is 0 Å². The number of hydrogen-bond acceptors (Lipinski definition) is 5. The first kappa shape index (κ1) is 10.9. The molecule has 5 nitrogen and oxygen atoms in total. The van der Waals surface area contributed by atoms with Crippen molar-refractivity contribution in [2.24, 2.45) is 5.73 Å². The zero-order chi connectivity index (χ0) is 9.90. The zero-order valence-corrected chi connectivity index (χ0v) is 8.26. The van der Waals surface area contributed by atoms with Crippen molar-refractivity contribution in [3.05, 3.63) is 0 Å². The lowest BCUT2D eigenvalue weighted by molar-refractivity contribution is 0.166. The second kappa shape index (κ2) is 4.36. The van der Waals surface area contributed by atoms with Gasteiger partial charge < -0.3 is 16.2 Å². The quantitative estimate of drug-likeness (QED) is 0.468. The molecule has 0 amide bonds. The highest BCUT2D eigenvalue weighted by Crippen LogP contribution is 2.11. The van der Waals surface area contributed by atoms with Crippen LogP contribution in [0.5, 0.6) is 0 Å². The van der Waals surface area contributed by atoms with E-state index in [1.807, 2.05) is 0 Å². The van der Waals surface area contributed by atoms with Crippen LogP contribution in [0.15, 0.2) is 0 Å². The number of rotatable bonds is 4. The minimum absolute atomic E-state index is 0.0404. The number of hydrogen-bond donors (Lipinski definition) is 3. The fourth-order valence-electron chi connectivity index (χ4n) is 1.41. The normalized spacial score (nSPS) is 32.2. The molecule has 2 unspecified atom stereocenters. The fraction of sp³-hybridized carbons (Fsp3) is 1.00. The third-order valence-electron chi connectivity index (χ3n) is 2.11. The summed E-state index contributed by atoms with van der Waals surface area (Å²) >= 11 is 0. The first-order valence-electron chi connectivity index (χ1n) is 4.37. The fourth-order valence-corrected chi connectivity index (χ4v) is 3.19. The Morgan fingerprint density at radius 1 is 1.46 bits per heavy atom. The van der Waals surface area contributed by atoms with Gasteiger partial charge in [0, 0.05) is 6.04 Å². The molecule has 4 N–H and O–H groups in total. The average Bonchev–Trinajstić information content (AvgIpc) is 2.25. The summed E-state index contributed by atoms with van der Waals surface area (Å²) in [6, 6.07) is -0.309. The van der Waals surface area contributed by atoms with Crippen LogP contribution in [0, 0.1) is 0 Å². The molecule has 6 heteroatoms. The average molecular weight is 208 g/mol. The summed E-state index contributed by atoms with van der Waals surface area (Å²) in [5.74, 6) is -0.0774. The Kier molecular flexibility index (Phi) is 3.66. The van der Waals surface area contributed by atoms with Crippen LogP contribution in [-0.2, 0) is 9.84 Å². The number of nitrogens with one attached hydrogen (secondary N) is 1. The van der Waals surface area contributed by atoms with Gasteiger partial charge in [0.15, 0.2) is 9.84 Å². The molecule has 0 saturated carbocycles. The third kappa shape index (κ3) is 3.22. The van der Waals surface area contributed by atoms with E-state index in [1.165, 1.54) is 0 Å². The first-order valence-corrected chi connectivity index (χ1v) is 6.19. The first-order chi connectivity index (χ1) is 6.05. The molecular weight excluding hydrogens is 192 g/mol. The highest BCUT2D eigenvalue weighted by molar-refractivity contribution is 7.91. The molecule has 0 bridgehead atoms. The Hall–Kier alpha value is -0.170. The zero-order valence-electron chi connectivity index (χ0n) is 7.44. The van der Waals surface area contributed by atoms with Crippen LogP contribution in [0.4, 0.5) is 0 Å². The van der Waals surface area contributed by atoms with Gasteiger partial charge in [-0.3, -0.25) is 0 Å². The minimum atomic E-state index is -3.03. The topological polar surface area (TPSA) is 92.4 Å². The molecule has 1 fully saturated rings. The van der Waals surface area contributed by atoms with Crippen molar-refractivity contribution >= 4 is 9.84 Å². The van der Waals surface area contributed by atoms with Crippen LogP contribution < -0.4 is 11.1 Å². The predicted octanol–water partition coefficient (Wildman–Crippen LogP) is -1.92. The maximum Gasteiger partial charge on any atom is 0.154 e. The predicted molar refractivity (Wildman–Crippen MR) is 50.1 cm³/mol. The highest BCUT2D eigenvalue weighted by atomic mass is 32.2. The molecule has 1 heterocycles. The van der Waals surface area contributed by atoms with E-state index in [2.05, 4.69) is 5.32 Å². The maximum atomic E-state index is 11.1. The molecule has 1 rings (SSSR count). The molecule has 0 spiro atoms. The number of nitrogens with two attached hydrogens (primary N) is 1. The minimum Gasteiger partial charge on any atom is -0.390 e. The van der Waals surface area contributed by atoms with E-state index in [-0.39, 0.29) is 17.5 Å². The molecule has 0 aromatic carbocycles.